The van der Waals surface area contributed by atoms with Crippen molar-refractivity contribution in [1.29, 1.82) is 0 Å². The van der Waals surface area contributed by atoms with Crippen LogP contribution in [0.1, 0.15) is 5.56 Å². The molecule has 1 rings (SSSR count). The highest BCUT2D eigenvalue weighted by Crippen LogP contribution is 2.13. The molecule has 0 radical (unpaired) electrons. The van der Waals surface area contributed by atoms with Crippen molar-refractivity contribution in [2.45, 2.75) is 6.92 Å². The first kappa shape index (κ1) is 10.1. The van der Waals surface area contributed by atoms with Gasteiger partial charge in [-0.15, -0.1) is 0 Å². The monoisotopic (exact) mass is 186 g/mol. The molecule has 0 aliphatic carbocycles. The molecule has 4 N–H and O–H groups in total. The Balaban J connectivity index is 3.11. The van der Waals surface area contributed by atoms with E-state index in [1.165, 1.54) is 12.1 Å². The average molecular weight is 186 g/mol. The number of nitrogens with one attached hydrogen (secondary N) is 2. The van der Waals surface area contributed by atoms with Crippen LogP contribution in [0, 0.1) is 17.3 Å². The summed E-state index contributed by atoms with van der Waals surface area (Å²) in [7, 11) is 0. The number of quaternary nitrogens is 2. The molecule has 0 spiro atoms. The largest absolute Gasteiger partial charge is 0.595 e. The van der Waals surface area contributed by atoms with Gasteiger partial charge in [-0.25, -0.2) is 10.4 Å². The number of hydrogen-bond donors (Lipinski definition) is 4. The molecule has 6 nitrogen and oxygen atoms in total. The van der Waals surface area contributed by atoms with Crippen molar-refractivity contribution < 1.29 is 20.9 Å². The van der Waals surface area contributed by atoms with E-state index in [2.05, 4.69) is 0 Å². The zero-order valence-electron chi connectivity index (χ0n) is 6.94. The van der Waals surface area contributed by atoms with Gasteiger partial charge >= 0.3 is 0 Å². The second kappa shape index (κ2) is 3.79. The standard InChI is InChI=1S/C7H10N2O4/c1-5-2-3-6(8(10)11)4-7(5)9(12)13/h2-4,8-10,12H,1H3. The van der Waals surface area contributed by atoms with Crippen LogP contribution in [0.25, 0.3) is 0 Å². The second-order valence-corrected chi connectivity index (χ2v) is 2.64. The van der Waals surface area contributed by atoms with Crippen molar-refractivity contribution in [3.63, 3.8) is 0 Å². The van der Waals surface area contributed by atoms with Crippen molar-refractivity contribution in [1.82, 2.24) is 0 Å². The summed E-state index contributed by atoms with van der Waals surface area (Å²) in [4.78, 5) is 0. The fourth-order valence-electron chi connectivity index (χ4n) is 0.985. The lowest BCUT2D eigenvalue weighted by Crippen LogP contribution is -3.01. The van der Waals surface area contributed by atoms with Gasteiger partial charge in [0.25, 0.3) is 0 Å². The Morgan fingerprint density at radius 2 is 1.77 bits per heavy atom. The molecule has 0 heterocycles. The van der Waals surface area contributed by atoms with E-state index < -0.39 is 10.5 Å². The topological polar surface area (TPSA) is 95.5 Å². The SMILES string of the molecule is Cc1ccc([NH+]([O-])O)cc1[NH+]([O-])O. The number of rotatable bonds is 2. The summed E-state index contributed by atoms with van der Waals surface area (Å²) in [5.74, 6) is 0. The van der Waals surface area contributed by atoms with Gasteiger partial charge in [0.05, 0.1) is 6.07 Å². The zero-order chi connectivity index (χ0) is 10.0. The molecule has 6 heteroatoms. The van der Waals surface area contributed by atoms with Crippen molar-refractivity contribution in [2.24, 2.45) is 0 Å². The van der Waals surface area contributed by atoms with E-state index in [-0.39, 0.29) is 11.4 Å². The van der Waals surface area contributed by atoms with Crippen LogP contribution in [0.4, 0.5) is 11.4 Å². The molecule has 1 aromatic rings. The highest BCUT2D eigenvalue weighted by atomic mass is 16.8. The fourth-order valence-corrected chi connectivity index (χ4v) is 0.985. The van der Waals surface area contributed by atoms with Gasteiger partial charge < -0.3 is 10.4 Å². The smallest absolute Gasteiger partial charge is 0.172 e. The minimum absolute atomic E-state index is 0.0111. The molecule has 72 valence electrons. The average Bonchev–Trinajstić information content (AvgIpc) is 2.04. The van der Waals surface area contributed by atoms with E-state index in [1.54, 1.807) is 6.92 Å². The van der Waals surface area contributed by atoms with Crippen molar-refractivity contribution in [3.8, 4) is 0 Å². The lowest BCUT2D eigenvalue weighted by atomic mass is 10.2. The van der Waals surface area contributed by atoms with Gasteiger partial charge in [0.15, 0.2) is 11.4 Å². The lowest BCUT2D eigenvalue weighted by Gasteiger charge is -2.16. The third-order valence-electron chi connectivity index (χ3n) is 1.71. The number of aryl methyl sites for hydroxylation is 1. The Bertz CT molecular complexity index is 301. The van der Waals surface area contributed by atoms with Crippen LogP contribution in [-0.2, 0) is 0 Å². The Labute approximate surface area is 74.3 Å². The predicted octanol–water partition coefficient (Wildman–Crippen LogP) is -1.20. The minimum atomic E-state index is -1.12. The highest BCUT2D eigenvalue weighted by molar-refractivity contribution is 5.47. The van der Waals surface area contributed by atoms with Gasteiger partial charge in [-0.1, -0.05) is 0 Å². The molecule has 0 aliphatic heterocycles. The van der Waals surface area contributed by atoms with Gasteiger partial charge in [0, 0.05) is 11.6 Å². The Hall–Kier alpha value is -1.02. The molecule has 0 aromatic heterocycles. The fraction of sp³-hybridized carbons (Fsp3) is 0.143. The van der Waals surface area contributed by atoms with Crippen LogP contribution in [0.5, 0.6) is 0 Å². The number of benzene rings is 1. The van der Waals surface area contributed by atoms with E-state index in [1.807, 2.05) is 0 Å². The molecule has 0 fully saturated rings. The van der Waals surface area contributed by atoms with Crippen molar-refractivity contribution >= 4 is 11.4 Å². The van der Waals surface area contributed by atoms with Crippen molar-refractivity contribution in [2.75, 3.05) is 0 Å². The predicted molar refractivity (Wildman–Crippen MR) is 42.7 cm³/mol. The molecule has 0 aliphatic rings. The summed E-state index contributed by atoms with van der Waals surface area (Å²) in [6, 6.07) is 4.01. The molecule has 0 saturated heterocycles. The minimum Gasteiger partial charge on any atom is -0.595 e. The first-order valence-corrected chi connectivity index (χ1v) is 3.59. The van der Waals surface area contributed by atoms with Crippen LogP contribution < -0.4 is 10.5 Å². The van der Waals surface area contributed by atoms with Gasteiger partial charge in [-0.05, 0) is 13.0 Å². The Morgan fingerprint density at radius 3 is 2.23 bits per heavy atom. The normalized spacial score (nSPS) is 15.5. The van der Waals surface area contributed by atoms with Gasteiger partial charge in [0.1, 0.15) is 0 Å². The van der Waals surface area contributed by atoms with E-state index in [0.29, 0.717) is 5.56 Å². The van der Waals surface area contributed by atoms with Gasteiger partial charge in [0.2, 0.25) is 0 Å². The van der Waals surface area contributed by atoms with E-state index in [9.17, 15) is 10.4 Å². The lowest BCUT2D eigenvalue weighted by molar-refractivity contribution is -0.996. The van der Waals surface area contributed by atoms with Crippen LogP contribution in [0.2, 0.25) is 0 Å². The molecular formula is C7H10N2O4. The highest BCUT2D eigenvalue weighted by Gasteiger charge is 2.09. The molecule has 13 heavy (non-hydrogen) atoms. The second-order valence-electron chi connectivity index (χ2n) is 2.64. The number of hydrogen-bond acceptors (Lipinski definition) is 4. The molecule has 1 aromatic carbocycles. The van der Waals surface area contributed by atoms with Crippen molar-refractivity contribution in [3.05, 3.63) is 34.2 Å². The Morgan fingerprint density at radius 1 is 1.15 bits per heavy atom. The van der Waals surface area contributed by atoms with Gasteiger partial charge in [-0.2, -0.15) is 10.5 Å². The van der Waals surface area contributed by atoms with Crippen LogP contribution in [0.3, 0.4) is 0 Å². The van der Waals surface area contributed by atoms with Crippen LogP contribution in [0.15, 0.2) is 18.2 Å². The zero-order valence-corrected chi connectivity index (χ0v) is 6.94. The summed E-state index contributed by atoms with van der Waals surface area (Å²) < 4.78 is 0. The first-order chi connectivity index (χ1) is 6.02. The Kier molecular flexibility index (Phi) is 2.94. The van der Waals surface area contributed by atoms with E-state index in [0.717, 1.165) is 6.07 Å². The summed E-state index contributed by atoms with van der Waals surface area (Å²) in [5, 5.41) is 36.1. The molecular weight excluding hydrogens is 176 g/mol. The summed E-state index contributed by atoms with van der Waals surface area (Å²) in [5.41, 5.74) is 0.570. The molecule has 0 bridgehead atoms. The molecule has 0 amide bonds. The van der Waals surface area contributed by atoms with E-state index >= 15 is 0 Å². The summed E-state index contributed by atoms with van der Waals surface area (Å²) in [6.45, 7) is 1.62. The maximum Gasteiger partial charge on any atom is 0.172 e. The summed E-state index contributed by atoms with van der Waals surface area (Å²) in [6.07, 6.45) is 0. The van der Waals surface area contributed by atoms with E-state index in [4.69, 9.17) is 10.4 Å². The quantitative estimate of drug-likeness (QED) is 0.436. The molecule has 2 atom stereocenters. The summed E-state index contributed by atoms with van der Waals surface area (Å²) >= 11 is 0. The van der Waals surface area contributed by atoms with Crippen LogP contribution >= 0.6 is 0 Å². The maximum atomic E-state index is 10.6. The molecule has 0 saturated carbocycles. The third kappa shape index (κ3) is 2.22. The third-order valence-corrected chi connectivity index (χ3v) is 1.71. The first-order valence-electron chi connectivity index (χ1n) is 3.59. The van der Waals surface area contributed by atoms with Gasteiger partial charge in [-0.3, -0.25) is 0 Å². The maximum absolute atomic E-state index is 10.6. The van der Waals surface area contributed by atoms with Crippen LogP contribution in [-0.4, -0.2) is 10.4 Å². The molecule has 2 unspecified atom stereocenters.